The molecule has 1 aromatic heterocycles. The molecule has 1 aromatic rings. The molecule has 0 aliphatic rings. The second-order valence-electron chi connectivity index (χ2n) is 2.90. The molecule has 0 aromatic carbocycles. The lowest BCUT2D eigenvalue weighted by Gasteiger charge is -2.09. The molecule has 0 bridgehead atoms. The molecule has 8 heteroatoms. The number of nitrogens with one attached hydrogen (secondary N) is 3. The average molecular weight is 287 g/mol. The molecule has 0 fully saturated rings. The van der Waals surface area contributed by atoms with E-state index in [0.29, 0.717) is 11.7 Å². The first kappa shape index (κ1) is 14.6. The third-order valence-corrected chi connectivity index (χ3v) is 2.98. The number of hydrogen-bond donors (Lipinski definition) is 3. The molecule has 6 nitrogen and oxygen atoms in total. The van der Waals surface area contributed by atoms with Gasteiger partial charge in [-0.1, -0.05) is 0 Å². The second-order valence-corrected chi connectivity index (χ2v) is 4.63. The van der Waals surface area contributed by atoms with Crippen molar-refractivity contribution >= 4 is 43.6 Å². The Morgan fingerprint density at radius 3 is 3.06 bits per heavy atom. The van der Waals surface area contributed by atoms with Gasteiger partial charge in [-0.3, -0.25) is 10.1 Å². The fourth-order valence-electron chi connectivity index (χ4n) is 0.980. The van der Waals surface area contributed by atoms with Gasteiger partial charge in [-0.25, -0.2) is 4.79 Å². The Morgan fingerprint density at radius 1 is 1.61 bits per heavy atom. The number of hydrazine groups is 1. The van der Waals surface area contributed by atoms with Crippen LogP contribution in [-0.2, 0) is 14.3 Å². The summed E-state index contributed by atoms with van der Waals surface area (Å²) in [5.74, 6) is -0.389. The molecular formula is C10H13N3O3S2. The molecule has 0 saturated heterocycles. The zero-order valence-electron chi connectivity index (χ0n) is 9.69. The Balaban J connectivity index is 2.44. The lowest BCUT2D eigenvalue weighted by Crippen LogP contribution is -2.41. The molecule has 1 heterocycles. The van der Waals surface area contributed by atoms with Gasteiger partial charge in [-0.05, 0) is 35.4 Å². The largest absolute Gasteiger partial charge is 0.465 e. The van der Waals surface area contributed by atoms with Gasteiger partial charge in [0.05, 0.1) is 13.2 Å². The van der Waals surface area contributed by atoms with Gasteiger partial charge in [0.15, 0.2) is 5.23 Å². The lowest BCUT2D eigenvalue weighted by molar-refractivity contribution is -0.141. The first-order chi connectivity index (χ1) is 8.76. The predicted octanol–water partition coefficient (Wildman–Crippen LogP) is 0.705. The smallest absolute Gasteiger partial charge is 0.320 e. The van der Waals surface area contributed by atoms with Crippen LogP contribution in [-0.4, -0.2) is 29.5 Å². The average Bonchev–Trinajstić information content (AvgIpc) is 2.86. The number of carbonyl (C=O) groups excluding carboxylic acids is 2. The van der Waals surface area contributed by atoms with Crippen LogP contribution in [0.25, 0.3) is 0 Å². The molecule has 0 amide bonds. The van der Waals surface area contributed by atoms with E-state index in [1.165, 1.54) is 11.3 Å². The van der Waals surface area contributed by atoms with Gasteiger partial charge in [0.2, 0.25) is 0 Å². The minimum atomic E-state index is -0.389. The molecule has 0 radical (unpaired) electrons. The number of thiophene rings is 1. The van der Waals surface area contributed by atoms with Crippen molar-refractivity contribution in [1.82, 2.24) is 10.7 Å². The van der Waals surface area contributed by atoms with Crippen LogP contribution in [0.15, 0.2) is 17.5 Å². The molecule has 0 spiro atoms. The fourth-order valence-corrected chi connectivity index (χ4v) is 1.88. The van der Waals surface area contributed by atoms with Crippen molar-refractivity contribution in [1.29, 1.82) is 0 Å². The van der Waals surface area contributed by atoms with Crippen molar-refractivity contribution in [3.8, 4) is 0 Å². The maximum absolute atomic E-state index is 11.1. The van der Waals surface area contributed by atoms with Crippen molar-refractivity contribution in [3.63, 3.8) is 0 Å². The van der Waals surface area contributed by atoms with Crippen molar-refractivity contribution < 1.29 is 14.3 Å². The van der Waals surface area contributed by atoms with Crippen LogP contribution in [0.4, 0.5) is 5.00 Å². The minimum Gasteiger partial charge on any atom is -0.465 e. The van der Waals surface area contributed by atoms with Crippen LogP contribution < -0.4 is 16.2 Å². The maximum Gasteiger partial charge on any atom is 0.320 e. The molecule has 1 rings (SSSR count). The summed E-state index contributed by atoms with van der Waals surface area (Å²) in [6.07, 6.45) is 0. The van der Waals surface area contributed by atoms with Gasteiger partial charge in [0.25, 0.3) is 0 Å². The van der Waals surface area contributed by atoms with Gasteiger partial charge >= 0.3 is 5.97 Å². The Morgan fingerprint density at radius 2 is 2.44 bits per heavy atom. The van der Waals surface area contributed by atoms with E-state index in [-0.39, 0.29) is 12.5 Å². The topological polar surface area (TPSA) is 79.5 Å². The lowest BCUT2D eigenvalue weighted by atomic mass is 10.6. The molecule has 0 saturated carbocycles. The first-order valence-corrected chi connectivity index (χ1v) is 6.81. The van der Waals surface area contributed by atoms with Gasteiger partial charge in [-0.2, -0.15) is 5.43 Å². The van der Waals surface area contributed by atoms with Gasteiger partial charge in [-0.15, -0.1) is 11.3 Å². The highest BCUT2D eigenvalue weighted by atomic mass is 32.1. The van der Waals surface area contributed by atoms with Crippen molar-refractivity contribution in [2.45, 2.75) is 6.92 Å². The number of ether oxygens (including phenoxy) is 1. The Bertz CT molecular complexity index is 463. The summed E-state index contributed by atoms with van der Waals surface area (Å²) in [4.78, 5) is 21.5. The third-order valence-electron chi connectivity index (χ3n) is 1.66. The zero-order chi connectivity index (χ0) is 13.2. The first-order valence-electron chi connectivity index (χ1n) is 5.12. The summed E-state index contributed by atoms with van der Waals surface area (Å²) < 4.78 is 4.75. The van der Waals surface area contributed by atoms with E-state index in [2.05, 4.69) is 16.2 Å². The summed E-state index contributed by atoms with van der Waals surface area (Å²) in [5, 5.41) is 7.59. The number of rotatable bonds is 5. The van der Waals surface area contributed by atoms with E-state index >= 15 is 0 Å². The molecule has 3 N–H and O–H groups in total. The summed E-state index contributed by atoms with van der Waals surface area (Å²) in [6, 6.07) is 3.76. The normalized spacial score (nSPS) is 9.39. The Kier molecular flexibility index (Phi) is 7.00. The fraction of sp³-hybridized carbons (Fsp3) is 0.300. The van der Waals surface area contributed by atoms with Gasteiger partial charge < -0.3 is 10.2 Å². The summed E-state index contributed by atoms with van der Waals surface area (Å²) >= 11 is 1.50. The summed E-state index contributed by atoms with van der Waals surface area (Å²) in [7, 11) is 0.782. The van der Waals surface area contributed by atoms with E-state index in [0.717, 1.165) is 15.9 Å². The van der Waals surface area contributed by atoms with Crippen molar-refractivity contribution in [3.05, 3.63) is 17.5 Å². The number of esters is 1. The summed E-state index contributed by atoms with van der Waals surface area (Å²) in [5.41, 5.74) is 5.66. The van der Waals surface area contributed by atoms with E-state index in [9.17, 15) is 9.59 Å². The highest BCUT2D eigenvalue weighted by Gasteiger charge is 2.03. The molecular weight excluding hydrogens is 274 g/mol. The predicted molar refractivity (Wildman–Crippen MR) is 74.0 cm³/mol. The van der Waals surface area contributed by atoms with Crippen molar-refractivity contribution in [2.75, 3.05) is 18.6 Å². The van der Waals surface area contributed by atoms with Crippen LogP contribution in [0.1, 0.15) is 6.92 Å². The van der Waals surface area contributed by atoms with Crippen LogP contribution >= 0.6 is 22.3 Å². The SMILES string of the molecule is CCOC(=O)CNC(NNc1cccs1)=S=C=O. The number of anilines is 1. The van der Waals surface area contributed by atoms with Crippen LogP contribution in [0.2, 0.25) is 0 Å². The highest BCUT2D eigenvalue weighted by Crippen LogP contribution is 2.12. The number of hydrogen-bond acceptors (Lipinski definition) is 5. The molecule has 0 aliphatic carbocycles. The Hall–Kier alpha value is -1.44. The van der Waals surface area contributed by atoms with E-state index in [4.69, 9.17) is 4.74 Å². The molecule has 0 aliphatic heterocycles. The van der Waals surface area contributed by atoms with Crippen LogP contribution in [0, 0.1) is 0 Å². The highest BCUT2D eigenvalue weighted by molar-refractivity contribution is 7.96. The molecule has 0 atom stereocenters. The quantitative estimate of drug-likeness (QED) is 0.420. The van der Waals surface area contributed by atoms with E-state index in [1.807, 2.05) is 17.5 Å². The van der Waals surface area contributed by atoms with Gasteiger partial charge in [0, 0.05) is 0 Å². The van der Waals surface area contributed by atoms with Crippen LogP contribution in [0.5, 0.6) is 0 Å². The van der Waals surface area contributed by atoms with E-state index in [1.54, 1.807) is 12.2 Å². The second kappa shape index (κ2) is 8.62. The Labute approximate surface area is 112 Å². The molecule has 98 valence electrons. The number of carbonyl (C=O) groups is 1. The minimum absolute atomic E-state index is 0.0169. The van der Waals surface area contributed by atoms with Crippen LogP contribution in [0.3, 0.4) is 0 Å². The monoisotopic (exact) mass is 287 g/mol. The van der Waals surface area contributed by atoms with Crippen molar-refractivity contribution in [2.24, 2.45) is 0 Å². The van der Waals surface area contributed by atoms with Gasteiger partial charge in [0.1, 0.15) is 10.1 Å². The standard InChI is InChI=1S/C10H13N3O3S2/c1-2-16-9(15)6-11-10(18-7-14)13-12-8-4-3-5-17-8/h3-5,11-13H,2,6H2,1H3. The molecule has 18 heavy (non-hydrogen) atoms. The summed E-state index contributed by atoms with van der Waals surface area (Å²) in [6.45, 7) is 2.04. The third kappa shape index (κ3) is 5.76. The zero-order valence-corrected chi connectivity index (χ0v) is 11.3. The maximum atomic E-state index is 11.1. The van der Waals surface area contributed by atoms with E-state index < -0.39 is 0 Å². The molecule has 0 unspecified atom stereocenters.